The second kappa shape index (κ2) is 16.8. The molecule has 12 nitrogen and oxygen atoms in total. The van der Waals surface area contributed by atoms with Gasteiger partial charge in [0.1, 0.15) is 23.2 Å². The molecule has 8 rings (SSSR count). The number of rotatable bonds is 12. The average Bonchev–Trinajstić information content (AvgIpc) is 4.04. The number of benzene rings is 2. The number of aromatic amines is 2. The lowest BCUT2D eigenvalue weighted by molar-refractivity contribution is -0.135. The fourth-order valence-corrected chi connectivity index (χ4v) is 8.59. The summed E-state index contributed by atoms with van der Waals surface area (Å²) in [6.07, 6.45) is 6.17. The summed E-state index contributed by atoms with van der Waals surface area (Å²) in [5.41, 5.74) is 5.40. The molecule has 2 aromatic carbocycles. The number of hydrogen-bond donors (Lipinski definition) is 4. The summed E-state index contributed by atoms with van der Waals surface area (Å²) >= 11 is 1.67. The largest absolute Gasteiger partial charge is 0.471 e. The third-order valence-corrected chi connectivity index (χ3v) is 11.4. The molecule has 3 atom stereocenters. The Balaban J connectivity index is 0.00000115. The van der Waals surface area contributed by atoms with E-state index in [4.69, 9.17) is 9.53 Å². The van der Waals surface area contributed by atoms with E-state index in [9.17, 15) is 4.79 Å². The maximum Gasteiger partial charge on any atom is 0.292 e. The van der Waals surface area contributed by atoms with E-state index in [0.29, 0.717) is 48.0 Å². The van der Waals surface area contributed by atoms with E-state index < -0.39 is 6.23 Å². The highest BCUT2D eigenvalue weighted by atomic mass is 32.1. The Labute approximate surface area is 329 Å². The number of aromatic nitrogens is 5. The molecule has 1 fully saturated rings. The molecule has 6 aromatic rings. The SMILES string of the molecule is CCCN(Cc1ncc(-c2cc(F)c3c(c2)OC(c2ccc(C)s2)n2c-3cc3cc(-c4cnc([C@@H]5CCCN5)[nH]4)ccc32)[nH]1)C(=O)C(NC)C(C)C.COC=O. The predicted octanol–water partition coefficient (Wildman–Crippen LogP) is 7.73. The number of nitrogens with one attached hydrogen (secondary N) is 4. The van der Waals surface area contributed by atoms with Crippen molar-refractivity contribution in [2.45, 2.75) is 71.8 Å². The smallest absolute Gasteiger partial charge is 0.292 e. The summed E-state index contributed by atoms with van der Waals surface area (Å²) in [7, 11) is 3.13. The van der Waals surface area contributed by atoms with Crippen LogP contribution in [0.2, 0.25) is 0 Å². The second-order valence-electron chi connectivity index (χ2n) is 14.6. The van der Waals surface area contributed by atoms with Crippen LogP contribution in [0.5, 0.6) is 5.75 Å². The van der Waals surface area contributed by atoms with Gasteiger partial charge in [0.25, 0.3) is 6.47 Å². The molecule has 56 heavy (non-hydrogen) atoms. The minimum atomic E-state index is -0.474. The van der Waals surface area contributed by atoms with E-state index >= 15 is 4.39 Å². The Morgan fingerprint density at radius 3 is 2.59 bits per heavy atom. The summed E-state index contributed by atoms with van der Waals surface area (Å²) in [5, 5.41) is 7.66. The van der Waals surface area contributed by atoms with Gasteiger partial charge in [0.2, 0.25) is 12.1 Å². The number of likely N-dealkylation sites (N-methyl/N-ethyl adjacent to an activating group) is 1. The number of H-pyrrole nitrogens is 2. The van der Waals surface area contributed by atoms with E-state index in [1.54, 1.807) is 17.5 Å². The van der Waals surface area contributed by atoms with Gasteiger partial charge in [0.15, 0.2) is 0 Å². The molecule has 4 N–H and O–H groups in total. The quantitative estimate of drug-likeness (QED) is 0.0925. The van der Waals surface area contributed by atoms with Crippen LogP contribution in [-0.2, 0) is 20.9 Å². The maximum absolute atomic E-state index is 16.5. The van der Waals surface area contributed by atoms with E-state index in [0.717, 1.165) is 64.4 Å². The van der Waals surface area contributed by atoms with Crippen molar-refractivity contribution in [1.29, 1.82) is 0 Å². The van der Waals surface area contributed by atoms with Gasteiger partial charge in [-0.3, -0.25) is 14.2 Å². The number of nitrogens with zero attached hydrogens (tertiary/aromatic N) is 4. The van der Waals surface area contributed by atoms with Crippen molar-refractivity contribution < 1.29 is 23.5 Å². The topological polar surface area (TPSA) is 142 Å². The number of aryl methyl sites for hydroxylation is 1. The Hall–Kier alpha value is -5.31. The van der Waals surface area contributed by atoms with Crippen molar-refractivity contribution >= 4 is 34.6 Å². The lowest BCUT2D eigenvalue weighted by atomic mass is 10.0. The fourth-order valence-electron chi connectivity index (χ4n) is 7.70. The van der Waals surface area contributed by atoms with Crippen molar-refractivity contribution in [2.75, 3.05) is 27.2 Å². The highest BCUT2D eigenvalue weighted by Crippen LogP contribution is 2.48. The van der Waals surface area contributed by atoms with Gasteiger partial charge in [-0.1, -0.05) is 26.8 Å². The zero-order valence-electron chi connectivity index (χ0n) is 32.6. The van der Waals surface area contributed by atoms with Gasteiger partial charge in [0.05, 0.1) is 71.2 Å². The van der Waals surface area contributed by atoms with Crippen LogP contribution in [0.1, 0.15) is 73.7 Å². The minimum Gasteiger partial charge on any atom is -0.471 e. The molecular weight excluding hydrogens is 732 g/mol. The molecule has 294 valence electrons. The van der Waals surface area contributed by atoms with Crippen LogP contribution >= 0.6 is 11.3 Å². The van der Waals surface area contributed by atoms with Crippen molar-refractivity contribution in [3.8, 4) is 39.5 Å². The standard InChI is InChI=1S/C40H45FN8O2S.C2H4O2/c1-6-14-48(39(50)37(42-5)22(2)3)21-35-44-19-30(46-35)25-16-27(41)36-32-17-26-15-24(29-20-45-38(47-29)28-8-7-13-43-28)10-11-31(26)49(32)40(51-33(36)18-25)34-12-9-23(4)52-34;1-4-2-3/h9-12,15-20,22,28,37,40,42-43H,6-8,13-14,21H2,1-5H3,(H,44,46)(H,45,47);2H,1H3/t28-,37?,40?;/m0./s1. The van der Waals surface area contributed by atoms with Gasteiger partial charge >= 0.3 is 0 Å². The lowest BCUT2D eigenvalue weighted by Gasteiger charge is -2.30. The van der Waals surface area contributed by atoms with Crippen LogP contribution in [0.25, 0.3) is 44.7 Å². The normalized spacial score (nSPS) is 16.5. The average molecular weight is 781 g/mol. The molecular formula is C42H49FN8O4S. The van der Waals surface area contributed by atoms with Crippen molar-refractivity contribution in [1.82, 2.24) is 40.0 Å². The van der Waals surface area contributed by atoms with Crippen LogP contribution < -0.4 is 15.4 Å². The molecule has 0 spiro atoms. The summed E-state index contributed by atoms with van der Waals surface area (Å²) in [6, 6.07) is 16.0. The maximum atomic E-state index is 16.5. The van der Waals surface area contributed by atoms with Crippen molar-refractivity contribution in [3.05, 3.63) is 88.1 Å². The number of methoxy groups -OCH3 is 1. The number of carbonyl (C=O) groups excluding carboxylic acids is 2. The monoisotopic (exact) mass is 780 g/mol. The minimum absolute atomic E-state index is 0.0404. The summed E-state index contributed by atoms with van der Waals surface area (Å²) in [5.74, 6) is 1.87. The second-order valence-corrected chi connectivity index (χ2v) is 15.9. The summed E-state index contributed by atoms with van der Waals surface area (Å²) in [6.45, 7) is 10.5. The molecule has 0 bridgehead atoms. The van der Waals surface area contributed by atoms with E-state index in [2.05, 4.69) is 90.1 Å². The van der Waals surface area contributed by atoms with E-state index in [1.807, 2.05) is 38.1 Å². The molecule has 14 heteroatoms. The molecule has 0 aliphatic carbocycles. The molecule has 6 heterocycles. The first kappa shape index (κ1) is 38.9. The molecule has 1 amide bonds. The van der Waals surface area contributed by atoms with Crippen LogP contribution in [0.15, 0.2) is 60.9 Å². The van der Waals surface area contributed by atoms with Gasteiger partial charge in [-0.2, -0.15) is 0 Å². The van der Waals surface area contributed by atoms with Gasteiger partial charge < -0.3 is 35.0 Å². The lowest BCUT2D eigenvalue weighted by Crippen LogP contribution is -2.48. The van der Waals surface area contributed by atoms with E-state index in [1.165, 1.54) is 18.1 Å². The van der Waals surface area contributed by atoms with Crippen LogP contribution in [0.3, 0.4) is 0 Å². The molecule has 4 aromatic heterocycles. The Morgan fingerprint density at radius 1 is 1.12 bits per heavy atom. The molecule has 2 aliphatic heterocycles. The highest BCUT2D eigenvalue weighted by Gasteiger charge is 2.33. The zero-order valence-corrected chi connectivity index (χ0v) is 33.4. The Morgan fingerprint density at radius 2 is 1.91 bits per heavy atom. The Bertz CT molecular complexity index is 2320. The van der Waals surface area contributed by atoms with Crippen molar-refractivity contribution in [3.63, 3.8) is 0 Å². The molecule has 1 saturated heterocycles. The van der Waals surface area contributed by atoms with Gasteiger partial charge in [-0.05, 0) is 88.2 Å². The number of hydrogen-bond acceptors (Lipinski definition) is 9. The van der Waals surface area contributed by atoms with Gasteiger partial charge in [-0.25, -0.2) is 14.4 Å². The number of halogens is 1. The zero-order chi connectivity index (χ0) is 39.5. The molecule has 2 aliphatic rings. The Kier molecular flexibility index (Phi) is 11.7. The third-order valence-electron chi connectivity index (χ3n) is 10.3. The first-order chi connectivity index (χ1) is 27.1. The van der Waals surface area contributed by atoms with Crippen molar-refractivity contribution in [2.24, 2.45) is 5.92 Å². The highest BCUT2D eigenvalue weighted by molar-refractivity contribution is 7.12. The number of imidazole rings is 2. The summed E-state index contributed by atoms with van der Waals surface area (Å²) < 4.78 is 29.2. The van der Waals surface area contributed by atoms with Gasteiger partial charge in [-0.15, -0.1) is 11.3 Å². The van der Waals surface area contributed by atoms with Crippen LogP contribution in [0, 0.1) is 18.7 Å². The number of carbonyl (C=O) groups is 2. The third kappa shape index (κ3) is 7.73. The molecule has 0 saturated carbocycles. The first-order valence-corrected chi connectivity index (χ1v) is 19.9. The molecule has 2 unspecified atom stereocenters. The summed E-state index contributed by atoms with van der Waals surface area (Å²) in [4.78, 5) is 42.6. The first-order valence-electron chi connectivity index (χ1n) is 19.1. The molecule has 0 radical (unpaired) electrons. The predicted molar refractivity (Wildman–Crippen MR) is 217 cm³/mol. The van der Waals surface area contributed by atoms with Crippen LogP contribution in [-0.4, -0.2) is 75.1 Å². The number of amides is 1. The number of ether oxygens (including phenoxy) is 2. The van der Waals surface area contributed by atoms with Crippen LogP contribution in [0.4, 0.5) is 4.39 Å². The van der Waals surface area contributed by atoms with E-state index in [-0.39, 0.29) is 29.7 Å². The number of fused-ring (bicyclic) bond motifs is 5. The fraction of sp³-hybridized carbons (Fsp3) is 0.381. The number of thiophene rings is 1. The van der Waals surface area contributed by atoms with Gasteiger partial charge in [0, 0.05) is 27.9 Å².